The summed E-state index contributed by atoms with van der Waals surface area (Å²) in [5.41, 5.74) is 1.27. The van der Waals surface area contributed by atoms with Crippen molar-refractivity contribution in [2.45, 2.75) is 13.3 Å². The molecule has 0 saturated carbocycles. The molecule has 1 amide bonds. The molecule has 0 radical (unpaired) electrons. The van der Waals surface area contributed by atoms with Gasteiger partial charge >= 0.3 is 0 Å². The summed E-state index contributed by atoms with van der Waals surface area (Å²) in [5, 5.41) is 0. The number of nitrogens with zero attached hydrogens (tertiary/aromatic N) is 4. The summed E-state index contributed by atoms with van der Waals surface area (Å²) in [6.07, 6.45) is 1.03. The van der Waals surface area contributed by atoms with E-state index in [1.165, 1.54) is 0 Å². The molecule has 1 aliphatic rings. The molecule has 6 heteroatoms. The number of hydrogen-bond donors (Lipinski definition) is 0. The SMILES string of the molecule is Cc1nsnc1C(=O)N1CCCN(C)CC1. The van der Waals surface area contributed by atoms with Crippen LogP contribution < -0.4 is 0 Å². The molecule has 5 nitrogen and oxygen atoms in total. The Morgan fingerprint density at radius 2 is 2.06 bits per heavy atom. The van der Waals surface area contributed by atoms with Crippen LogP contribution in [0, 0.1) is 6.92 Å². The van der Waals surface area contributed by atoms with Gasteiger partial charge in [0.05, 0.1) is 17.4 Å². The van der Waals surface area contributed by atoms with Crippen molar-refractivity contribution >= 4 is 17.6 Å². The predicted octanol–water partition coefficient (Wildman–Crippen LogP) is 0.624. The average Bonchev–Trinajstić information content (AvgIpc) is 2.56. The highest BCUT2D eigenvalue weighted by molar-refractivity contribution is 6.99. The molecule has 1 aromatic rings. The van der Waals surface area contributed by atoms with Crippen LogP contribution in [0.25, 0.3) is 0 Å². The first-order valence-corrected chi connectivity index (χ1v) is 6.18. The van der Waals surface area contributed by atoms with Gasteiger partial charge in [-0.1, -0.05) is 0 Å². The maximum Gasteiger partial charge on any atom is 0.275 e. The Hall–Kier alpha value is -1.01. The maximum absolute atomic E-state index is 12.2. The van der Waals surface area contributed by atoms with Crippen molar-refractivity contribution in [3.8, 4) is 0 Å². The van der Waals surface area contributed by atoms with Crippen LogP contribution in [0.15, 0.2) is 0 Å². The summed E-state index contributed by atoms with van der Waals surface area (Å²) in [4.78, 5) is 16.3. The lowest BCUT2D eigenvalue weighted by atomic mass is 10.3. The van der Waals surface area contributed by atoms with Crippen LogP contribution in [0.2, 0.25) is 0 Å². The Morgan fingerprint density at radius 3 is 2.75 bits per heavy atom. The van der Waals surface area contributed by atoms with E-state index in [1.807, 2.05) is 11.8 Å². The van der Waals surface area contributed by atoms with Crippen molar-refractivity contribution < 1.29 is 4.79 Å². The summed E-state index contributed by atoms with van der Waals surface area (Å²) in [6, 6.07) is 0. The van der Waals surface area contributed by atoms with E-state index < -0.39 is 0 Å². The lowest BCUT2D eigenvalue weighted by Crippen LogP contribution is -2.35. The Morgan fingerprint density at radius 1 is 1.25 bits per heavy atom. The second kappa shape index (κ2) is 4.88. The molecule has 0 unspecified atom stereocenters. The molecule has 0 N–H and O–H groups in total. The van der Waals surface area contributed by atoms with Gasteiger partial charge in [0.15, 0.2) is 5.69 Å². The molecular weight excluding hydrogens is 224 g/mol. The van der Waals surface area contributed by atoms with E-state index in [2.05, 4.69) is 20.7 Å². The van der Waals surface area contributed by atoms with E-state index in [9.17, 15) is 4.79 Å². The highest BCUT2D eigenvalue weighted by Crippen LogP contribution is 2.10. The summed E-state index contributed by atoms with van der Waals surface area (Å²) in [6.45, 7) is 5.42. The number of amides is 1. The van der Waals surface area contributed by atoms with Gasteiger partial charge in [-0.2, -0.15) is 8.75 Å². The predicted molar refractivity (Wildman–Crippen MR) is 62.7 cm³/mol. The third-order valence-electron chi connectivity index (χ3n) is 2.86. The van der Waals surface area contributed by atoms with E-state index in [0.717, 1.165) is 50.0 Å². The van der Waals surface area contributed by atoms with Crippen molar-refractivity contribution in [3.63, 3.8) is 0 Å². The smallest absolute Gasteiger partial charge is 0.275 e. The lowest BCUT2D eigenvalue weighted by Gasteiger charge is -2.19. The minimum Gasteiger partial charge on any atom is -0.336 e. The van der Waals surface area contributed by atoms with Crippen LogP contribution in [-0.4, -0.2) is 57.7 Å². The second-order valence-corrected chi connectivity index (χ2v) is 4.68. The van der Waals surface area contributed by atoms with Crippen molar-refractivity contribution in [1.82, 2.24) is 18.5 Å². The van der Waals surface area contributed by atoms with E-state index in [4.69, 9.17) is 0 Å². The zero-order chi connectivity index (χ0) is 11.5. The second-order valence-electron chi connectivity index (χ2n) is 4.15. The summed E-state index contributed by atoms with van der Waals surface area (Å²) < 4.78 is 8.11. The normalized spacial score (nSPS) is 18.5. The third-order valence-corrected chi connectivity index (χ3v) is 3.48. The van der Waals surface area contributed by atoms with Crippen LogP contribution >= 0.6 is 11.7 Å². The van der Waals surface area contributed by atoms with Crippen LogP contribution in [-0.2, 0) is 0 Å². The molecule has 1 aromatic heterocycles. The Bertz CT molecular complexity index is 379. The van der Waals surface area contributed by atoms with Gasteiger partial charge in [0.1, 0.15) is 0 Å². The molecule has 16 heavy (non-hydrogen) atoms. The number of rotatable bonds is 1. The molecule has 0 spiro atoms. The topological polar surface area (TPSA) is 49.3 Å². The minimum atomic E-state index is 0.0292. The van der Waals surface area contributed by atoms with Gasteiger partial charge in [-0.3, -0.25) is 4.79 Å². The zero-order valence-electron chi connectivity index (χ0n) is 9.64. The van der Waals surface area contributed by atoms with Gasteiger partial charge in [0.25, 0.3) is 5.91 Å². The van der Waals surface area contributed by atoms with Gasteiger partial charge in [-0.25, -0.2) is 0 Å². The highest BCUT2D eigenvalue weighted by Gasteiger charge is 2.22. The van der Waals surface area contributed by atoms with Crippen LogP contribution in [0.1, 0.15) is 22.6 Å². The van der Waals surface area contributed by atoms with E-state index in [-0.39, 0.29) is 5.91 Å². The number of aryl methyl sites for hydroxylation is 1. The number of carbonyl (C=O) groups is 1. The molecule has 2 heterocycles. The Kier molecular flexibility index (Phi) is 3.50. The third kappa shape index (κ3) is 2.38. The number of hydrogen-bond acceptors (Lipinski definition) is 5. The maximum atomic E-state index is 12.2. The fraction of sp³-hybridized carbons (Fsp3) is 0.700. The van der Waals surface area contributed by atoms with Crippen molar-refractivity contribution in [2.75, 3.05) is 33.2 Å². The van der Waals surface area contributed by atoms with E-state index >= 15 is 0 Å². The quantitative estimate of drug-likeness (QED) is 0.722. The summed E-state index contributed by atoms with van der Waals surface area (Å²) >= 11 is 1.11. The fourth-order valence-corrected chi connectivity index (χ4v) is 2.37. The highest BCUT2D eigenvalue weighted by atomic mass is 32.1. The van der Waals surface area contributed by atoms with Gasteiger partial charge in [-0.05, 0) is 26.9 Å². The summed E-state index contributed by atoms with van der Waals surface area (Å²) in [5.74, 6) is 0.0292. The molecule has 88 valence electrons. The molecule has 0 bridgehead atoms. The first-order chi connectivity index (χ1) is 7.68. The molecule has 1 fully saturated rings. The largest absolute Gasteiger partial charge is 0.336 e. The monoisotopic (exact) mass is 240 g/mol. The molecule has 0 atom stereocenters. The first-order valence-electron chi connectivity index (χ1n) is 5.45. The number of carbonyl (C=O) groups excluding carboxylic acids is 1. The first kappa shape index (κ1) is 11.5. The van der Waals surface area contributed by atoms with Gasteiger partial charge in [0.2, 0.25) is 0 Å². The van der Waals surface area contributed by atoms with Crippen molar-refractivity contribution in [3.05, 3.63) is 11.4 Å². The Balaban J connectivity index is 2.07. The van der Waals surface area contributed by atoms with Crippen LogP contribution in [0.5, 0.6) is 0 Å². The number of aromatic nitrogens is 2. The van der Waals surface area contributed by atoms with Gasteiger partial charge in [-0.15, -0.1) is 0 Å². The molecule has 1 saturated heterocycles. The lowest BCUT2D eigenvalue weighted by molar-refractivity contribution is 0.0757. The number of likely N-dealkylation sites (N-methyl/N-ethyl adjacent to an activating group) is 1. The molecular formula is C10H16N4OS. The van der Waals surface area contributed by atoms with E-state index in [1.54, 1.807) is 0 Å². The molecule has 1 aliphatic heterocycles. The molecule has 2 rings (SSSR count). The standard InChI is InChI=1S/C10H16N4OS/c1-8-9(12-16-11-8)10(15)14-5-3-4-13(2)6-7-14/h3-7H2,1-2H3. The van der Waals surface area contributed by atoms with Crippen molar-refractivity contribution in [1.29, 1.82) is 0 Å². The molecule has 0 aromatic carbocycles. The van der Waals surface area contributed by atoms with Crippen LogP contribution in [0.3, 0.4) is 0 Å². The van der Waals surface area contributed by atoms with Gasteiger partial charge < -0.3 is 9.80 Å². The van der Waals surface area contributed by atoms with E-state index in [0.29, 0.717) is 5.69 Å². The average molecular weight is 240 g/mol. The fourth-order valence-electron chi connectivity index (χ4n) is 1.82. The minimum absolute atomic E-state index is 0.0292. The van der Waals surface area contributed by atoms with Crippen molar-refractivity contribution in [2.24, 2.45) is 0 Å². The Labute approximate surface area is 99.4 Å². The summed E-state index contributed by atoms with van der Waals surface area (Å²) in [7, 11) is 2.09. The van der Waals surface area contributed by atoms with Crippen LogP contribution in [0.4, 0.5) is 0 Å². The molecule has 0 aliphatic carbocycles. The zero-order valence-corrected chi connectivity index (χ0v) is 10.5. The van der Waals surface area contributed by atoms with Gasteiger partial charge in [0, 0.05) is 19.6 Å².